The van der Waals surface area contributed by atoms with Gasteiger partial charge < -0.3 is 15.8 Å². The number of nitrogens with zero attached hydrogens (tertiary/aromatic N) is 1. The summed E-state index contributed by atoms with van der Waals surface area (Å²) < 4.78 is 6.35. The molecule has 1 heterocycles. The van der Waals surface area contributed by atoms with Crippen molar-refractivity contribution in [2.24, 2.45) is 10.7 Å². The Morgan fingerprint density at radius 2 is 1.39 bits per heavy atom. The number of hydrogen-bond donors (Lipinski definition) is 3. The normalized spacial score (nSPS) is 15.9. The predicted molar refractivity (Wildman–Crippen MR) is 168 cm³/mol. The van der Waals surface area contributed by atoms with Gasteiger partial charge in [-0.25, -0.2) is 0 Å². The molecule has 6 aromatic rings. The van der Waals surface area contributed by atoms with Crippen LogP contribution < -0.4 is 21.1 Å². The molecular formula is C36H30N4O. The van der Waals surface area contributed by atoms with Gasteiger partial charge >= 0.3 is 0 Å². The molecule has 200 valence electrons. The summed E-state index contributed by atoms with van der Waals surface area (Å²) in [6, 6.07) is 45.5. The second-order valence-electron chi connectivity index (χ2n) is 10.3. The molecule has 3 atom stereocenters. The van der Waals surface area contributed by atoms with Crippen molar-refractivity contribution in [1.29, 1.82) is 0 Å². The third-order valence-electron chi connectivity index (χ3n) is 7.60. The lowest BCUT2D eigenvalue weighted by molar-refractivity contribution is 0.260. The summed E-state index contributed by atoms with van der Waals surface area (Å²) in [5.41, 5.74) is 11.8. The molecule has 5 nitrogen and oxygen atoms in total. The highest BCUT2D eigenvalue weighted by molar-refractivity contribution is 6.15. The summed E-state index contributed by atoms with van der Waals surface area (Å²) in [6.45, 7) is 0. The summed E-state index contributed by atoms with van der Waals surface area (Å²) in [4.78, 5) is 4.98. The predicted octanol–water partition coefficient (Wildman–Crippen LogP) is 7.86. The fraction of sp³-hybridized carbons (Fsp3) is 0.0833. The summed E-state index contributed by atoms with van der Waals surface area (Å²) in [5, 5.41) is 11.8. The molecule has 1 aliphatic heterocycles. The van der Waals surface area contributed by atoms with Crippen molar-refractivity contribution >= 4 is 33.4 Å². The Kier molecular flexibility index (Phi) is 6.65. The van der Waals surface area contributed by atoms with Crippen LogP contribution in [0.15, 0.2) is 138 Å². The molecular weight excluding hydrogens is 504 g/mol. The quantitative estimate of drug-likeness (QED) is 0.111. The van der Waals surface area contributed by atoms with Gasteiger partial charge in [-0.3, -0.25) is 10.3 Å². The minimum Gasteiger partial charge on any atom is -0.464 e. The van der Waals surface area contributed by atoms with E-state index in [-0.39, 0.29) is 18.6 Å². The third kappa shape index (κ3) is 5.05. The lowest BCUT2D eigenvalue weighted by Gasteiger charge is -2.22. The number of rotatable bonds is 7. The first-order chi connectivity index (χ1) is 20.2. The first-order valence-corrected chi connectivity index (χ1v) is 13.9. The van der Waals surface area contributed by atoms with Crippen molar-refractivity contribution in [3.05, 3.63) is 156 Å². The van der Waals surface area contributed by atoms with Gasteiger partial charge in [-0.2, -0.15) is 0 Å². The van der Waals surface area contributed by atoms with Crippen molar-refractivity contribution in [1.82, 2.24) is 5.32 Å². The minimum atomic E-state index is -0.386. The average Bonchev–Trinajstić information content (AvgIpc) is 3.49. The number of benzene rings is 6. The minimum absolute atomic E-state index is 0.232. The molecule has 0 aliphatic carbocycles. The number of nitrogens with two attached hydrogens (primary N) is 1. The van der Waals surface area contributed by atoms with Gasteiger partial charge in [-0.05, 0) is 45.0 Å². The largest absolute Gasteiger partial charge is 0.464 e. The van der Waals surface area contributed by atoms with Crippen LogP contribution in [0.3, 0.4) is 0 Å². The van der Waals surface area contributed by atoms with Crippen LogP contribution >= 0.6 is 0 Å². The average molecular weight is 535 g/mol. The molecule has 0 fully saturated rings. The zero-order valence-electron chi connectivity index (χ0n) is 22.4. The Morgan fingerprint density at radius 1 is 0.732 bits per heavy atom. The Labute approximate surface area is 239 Å². The van der Waals surface area contributed by atoms with Crippen LogP contribution in [0, 0.1) is 0 Å². The monoisotopic (exact) mass is 534 g/mol. The van der Waals surface area contributed by atoms with Crippen molar-refractivity contribution in [3.8, 4) is 5.75 Å². The lowest BCUT2D eigenvalue weighted by Crippen LogP contribution is -2.31. The van der Waals surface area contributed by atoms with Crippen LogP contribution in [0.4, 0.5) is 5.69 Å². The second-order valence-corrected chi connectivity index (χ2v) is 10.3. The molecule has 6 aromatic carbocycles. The molecule has 4 N–H and O–H groups in total. The molecule has 3 unspecified atom stereocenters. The zero-order valence-corrected chi connectivity index (χ0v) is 22.4. The molecule has 7 rings (SSSR count). The molecule has 0 saturated carbocycles. The first-order valence-electron chi connectivity index (χ1n) is 13.9. The fourth-order valence-electron chi connectivity index (χ4n) is 5.47. The van der Waals surface area contributed by atoms with Gasteiger partial charge in [0.1, 0.15) is 11.9 Å². The highest BCUT2D eigenvalue weighted by atomic mass is 16.5. The maximum atomic E-state index is 6.64. The van der Waals surface area contributed by atoms with Gasteiger partial charge in [0.2, 0.25) is 0 Å². The fourth-order valence-corrected chi connectivity index (χ4v) is 5.47. The van der Waals surface area contributed by atoms with Gasteiger partial charge in [-0.15, -0.1) is 0 Å². The molecule has 1 aliphatic rings. The van der Waals surface area contributed by atoms with Crippen molar-refractivity contribution in [2.45, 2.75) is 18.6 Å². The topological polar surface area (TPSA) is 71.7 Å². The summed E-state index contributed by atoms with van der Waals surface area (Å²) in [5.74, 6) is 0.854. The van der Waals surface area contributed by atoms with E-state index >= 15 is 0 Å². The van der Waals surface area contributed by atoms with E-state index in [1.165, 1.54) is 0 Å². The number of nitrogens with one attached hydrogen (secondary N) is 2. The highest BCUT2D eigenvalue weighted by Gasteiger charge is 2.26. The van der Waals surface area contributed by atoms with E-state index in [2.05, 4.69) is 65.2 Å². The van der Waals surface area contributed by atoms with E-state index in [0.29, 0.717) is 0 Å². The Morgan fingerprint density at radius 3 is 2.17 bits per heavy atom. The molecule has 0 saturated heterocycles. The van der Waals surface area contributed by atoms with Gasteiger partial charge in [0.15, 0.2) is 6.23 Å². The standard InChI is InChI=1S/C36H30N4O/c37-34(27-12-6-2-7-13-27)40-35(38-23-24-10-4-1-5-11-24)29-19-17-25-16-18-26-20-21-31-33(32(26)30(25)22-29)39-36(41-31)28-14-8-3-9-15-28/h1-23,34-36,39-40H,37H2/b38-23+. The van der Waals surface area contributed by atoms with E-state index in [4.69, 9.17) is 15.5 Å². The van der Waals surface area contributed by atoms with Crippen LogP contribution in [0.2, 0.25) is 0 Å². The summed E-state index contributed by atoms with van der Waals surface area (Å²) >= 11 is 0. The molecule has 0 spiro atoms. The van der Waals surface area contributed by atoms with Gasteiger partial charge in [0.25, 0.3) is 0 Å². The van der Waals surface area contributed by atoms with E-state index in [9.17, 15) is 0 Å². The highest BCUT2D eigenvalue weighted by Crippen LogP contribution is 2.45. The maximum absolute atomic E-state index is 6.64. The van der Waals surface area contributed by atoms with E-state index in [1.807, 2.05) is 85.1 Å². The number of hydrogen-bond acceptors (Lipinski definition) is 5. The molecule has 0 aromatic heterocycles. The van der Waals surface area contributed by atoms with Gasteiger partial charge in [0, 0.05) is 17.2 Å². The lowest BCUT2D eigenvalue weighted by atomic mass is 9.97. The van der Waals surface area contributed by atoms with E-state index in [1.54, 1.807) is 0 Å². The summed E-state index contributed by atoms with van der Waals surface area (Å²) in [7, 11) is 0. The van der Waals surface area contributed by atoms with E-state index < -0.39 is 0 Å². The number of anilines is 1. The number of fused-ring (bicyclic) bond motifs is 5. The zero-order chi connectivity index (χ0) is 27.6. The molecule has 0 bridgehead atoms. The number of ether oxygens (including phenoxy) is 1. The molecule has 5 heteroatoms. The molecule has 0 amide bonds. The number of aliphatic imine (C=N–C) groups is 1. The Hall–Kier alpha value is -4.97. The Bertz CT molecular complexity index is 1840. The van der Waals surface area contributed by atoms with Gasteiger partial charge in [-0.1, -0.05) is 121 Å². The van der Waals surface area contributed by atoms with Crippen LogP contribution in [0.5, 0.6) is 5.75 Å². The molecule has 41 heavy (non-hydrogen) atoms. The van der Waals surface area contributed by atoms with Crippen molar-refractivity contribution in [2.75, 3.05) is 5.32 Å². The summed E-state index contributed by atoms with van der Waals surface area (Å²) in [6.07, 6.45) is 0.927. The third-order valence-corrected chi connectivity index (χ3v) is 7.60. The first kappa shape index (κ1) is 25.0. The Balaban J connectivity index is 1.31. The van der Waals surface area contributed by atoms with Crippen LogP contribution in [0.1, 0.15) is 40.8 Å². The smallest absolute Gasteiger partial charge is 0.196 e. The molecule has 0 radical (unpaired) electrons. The maximum Gasteiger partial charge on any atom is 0.196 e. The van der Waals surface area contributed by atoms with Crippen LogP contribution in [-0.2, 0) is 0 Å². The van der Waals surface area contributed by atoms with Gasteiger partial charge in [0.05, 0.1) is 11.9 Å². The second kappa shape index (κ2) is 10.9. The van der Waals surface area contributed by atoms with Crippen LogP contribution in [0.25, 0.3) is 21.5 Å². The van der Waals surface area contributed by atoms with Crippen LogP contribution in [-0.4, -0.2) is 6.21 Å². The SMILES string of the molecule is NC(NC(/N=C/c1ccccc1)c1ccc2ccc3ccc4c(c3c2c1)NC(c1ccccc1)O4)c1ccccc1. The van der Waals surface area contributed by atoms with Crippen molar-refractivity contribution < 1.29 is 4.74 Å². The van der Waals surface area contributed by atoms with E-state index in [0.717, 1.165) is 55.2 Å². The van der Waals surface area contributed by atoms with Crippen molar-refractivity contribution in [3.63, 3.8) is 0 Å².